The number of sulfonamides is 1. The van der Waals surface area contributed by atoms with Crippen molar-refractivity contribution in [2.45, 2.75) is 116 Å². The van der Waals surface area contributed by atoms with Gasteiger partial charge in [-0.15, -0.1) is 0 Å². The number of carbonyl (C=O) groups is 2. The first kappa shape index (κ1) is 42.0. The molecule has 1 aliphatic heterocycles. The Hall–Kier alpha value is -5.14. The SMILES string of the molecule is Cc1cc(C[C@H](N)C(=O)N([C@H](C)c2ccc3ccccc3c2)[C@@H](CCCN=C(N)NS(=O)(=O)c2c(C)c(C)c3c(c2C)CCC(C)(C)O3)C(N)=O)cc(C)c1O. The summed E-state index contributed by atoms with van der Waals surface area (Å²) in [6, 6.07) is 14.6. The van der Waals surface area contributed by atoms with Crippen LogP contribution in [-0.4, -0.2) is 60.4 Å². The summed E-state index contributed by atoms with van der Waals surface area (Å²) in [5.41, 5.74) is 24.1. The lowest BCUT2D eigenvalue weighted by Crippen LogP contribution is -2.54. The fourth-order valence-corrected chi connectivity index (χ4v) is 9.34. The molecule has 1 aliphatic rings. The second-order valence-corrected chi connectivity index (χ2v) is 17.3. The molecule has 4 aromatic carbocycles. The number of phenolic OH excluding ortho intramolecular Hbond substituents is 1. The number of benzene rings is 4. The third kappa shape index (κ3) is 8.94. The summed E-state index contributed by atoms with van der Waals surface area (Å²) < 4.78 is 36.2. The smallest absolute Gasteiger partial charge is 0.264 e. The summed E-state index contributed by atoms with van der Waals surface area (Å²) in [6.07, 6.45) is 1.97. The van der Waals surface area contributed by atoms with Crippen molar-refractivity contribution in [3.63, 3.8) is 0 Å². The molecule has 0 fully saturated rings. The standard InChI is InChI=1S/C43H56N6O6S/c1-24-20-30(21-25(2)37(24)50)22-35(44)41(52)49(29(6)32-16-15-31-12-9-10-13-33(31)23-32)36(40(45)51)14-11-19-47-42(46)48-56(53,54)39-27(4)26(3)38-34(28(39)5)17-18-43(7,8)55-38/h9-10,12-13,15-16,20-21,23,29,35-36,50H,11,14,17-19,22,44H2,1-8H3,(H2,45,51)(H3,46,47,48)/t29-,35+,36+/m1/s1. The summed E-state index contributed by atoms with van der Waals surface area (Å²) in [5, 5.41) is 12.3. The van der Waals surface area contributed by atoms with E-state index in [1.165, 1.54) is 4.90 Å². The molecule has 300 valence electrons. The summed E-state index contributed by atoms with van der Waals surface area (Å²) in [7, 11) is -4.11. The number of carbonyl (C=O) groups excluding carboxylic acids is 2. The molecule has 0 saturated carbocycles. The number of aryl methyl sites for hydroxylation is 2. The first-order chi connectivity index (χ1) is 26.2. The monoisotopic (exact) mass is 784 g/mol. The van der Waals surface area contributed by atoms with E-state index in [1.54, 1.807) is 39.8 Å². The fraction of sp³-hybridized carbons (Fsp3) is 0.419. The Labute approximate surface area is 330 Å². The fourth-order valence-electron chi connectivity index (χ4n) is 7.81. The molecule has 5 rings (SSSR count). The van der Waals surface area contributed by atoms with Gasteiger partial charge in [-0.05, 0) is 149 Å². The number of hydrogen-bond acceptors (Lipinski definition) is 8. The van der Waals surface area contributed by atoms with Crippen LogP contribution in [0.1, 0.15) is 90.6 Å². The van der Waals surface area contributed by atoms with Crippen LogP contribution in [0, 0.1) is 34.6 Å². The number of nitrogens with two attached hydrogens (primary N) is 3. The lowest BCUT2D eigenvalue weighted by Gasteiger charge is -2.37. The van der Waals surface area contributed by atoms with E-state index in [-0.39, 0.29) is 48.0 Å². The largest absolute Gasteiger partial charge is 0.507 e. The van der Waals surface area contributed by atoms with Gasteiger partial charge in [0.05, 0.1) is 17.0 Å². The molecule has 56 heavy (non-hydrogen) atoms. The summed E-state index contributed by atoms with van der Waals surface area (Å²) in [5.74, 6) is -0.564. The van der Waals surface area contributed by atoms with E-state index in [0.29, 0.717) is 28.7 Å². The Morgan fingerprint density at radius 3 is 2.25 bits per heavy atom. The lowest BCUT2D eigenvalue weighted by atomic mass is 9.88. The number of primary amides is 1. The van der Waals surface area contributed by atoms with Gasteiger partial charge in [0, 0.05) is 6.54 Å². The number of aromatic hydroxyl groups is 1. The number of nitrogens with zero attached hydrogens (tertiary/aromatic N) is 2. The molecule has 3 atom stereocenters. The molecule has 0 saturated heterocycles. The van der Waals surface area contributed by atoms with E-state index in [2.05, 4.69) is 9.71 Å². The summed E-state index contributed by atoms with van der Waals surface area (Å²) >= 11 is 0. The van der Waals surface area contributed by atoms with Gasteiger partial charge in [-0.2, -0.15) is 0 Å². The Morgan fingerprint density at radius 2 is 1.61 bits per heavy atom. The normalized spacial score (nSPS) is 15.7. The van der Waals surface area contributed by atoms with Crippen LogP contribution in [0.25, 0.3) is 10.8 Å². The molecule has 12 nitrogen and oxygen atoms in total. The van der Waals surface area contributed by atoms with Crippen molar-refractivity contribution in [2.24, 2.45) is 22.2 Å². The molecule has 0 aromatic heterocycles. The number of hydrogen-bond donors (Lipinski definition) is 5. The molecule has 0 spiro atoms. The van der Waals surface area contributed by atoms with Crippen molar-refractivity contribution in [3.8, 4) is 11.5 Å². The van der Waals surface area contributed by atoms with Crippen LogP contribution in [0.3, 0.4) is 0 Å². The number of guanidine groups is 1. The quantitative estimate of drug-likeness (QED) is 0.0657. The van der Waals surface area contributed by atoms with Gasteiger partial charge < -0.3 is 31.9 Å². The van der Waals surface area contributed by atoms with Crippen LogP contribution in [0.2, 0.25) is 0 Å². The molecular formula is C43H56N6O6S. The zero-order valence-corrected chi connectivity index (χ0v) is 34.5. The van der Waals surface area contributed by atoms with Crippen LogP contribution >= 0.6 is 0 Å². The molecular weight excluding hydrogens is 729 g/mol. The predicted octanol–water partition coefficient (Wildman–Crippen LogP) is 5.58. The van der Waals surface area contributed by atoms with Gasteiger partial charge in [-0.1, -0.05) is 48.5 Å². The first-order valence-corrected chi connectivity index (χ1v) is 20.5. The van der Waals surface area contributed by atoms with Crippen LogP contribution in [-0.2, 0) is 32.5 Å². The first-order valence-electron chi connectivity index (χ1n) is 19.0. The second-order valence-electron chi connectivity index (χ2n) is 15.7. The van der Waals surface area contributed by atoms with Crippen molar-refractivity contribution < 1.29 is 27.9 Å². The van der Waals surface area contributed by atoms with Crippen molar-refractivity contribution in [1.29, 1.82) is 0 Å². The van der Waals surface area contributed by atoms with Crippen LogP contribution in [0.5, 0.6) is 11.5 Å². The third-order valence-electron chi connectivity index (χ3n) is 11.0. The van der Waals surface area contributed by atoms with Gasteiger partial charge >= 0.3 is 0 Å². The minimum absolute atomic E-state index is 0.0484. The molecule has 4 aromatic rings. The van der Waals surface area contributed by atoms with Crippen molar-refractivity contribution >= 4 is 38.6 Å². The van der Waals surface area contributed by atoms with Crippen molar-refractivity contribution in [1.82, 2.24) is 9.62 Å². The van der Waals surface area contributed by atoms with Gasteiger partial charge in [0.25, 0.3) is 10.0 Å². The van der Waals surface area contributed by atoms with Crippen molar-refractivity contribution in [3.05, 3.63) is 99.1 Å². The number of phenols is 1. The minimum Gasteiger partial charge on any atom is -0.507 e. The van der Waals surface area contributed by atoms with E-state index in [4.69, 9.17) is 21.9 Å². The van der Waals surface area contributed by atoms with E-state index >= 15 is 0 Å². The van der Waals surface area contributed by atoms with Gasteiger partial charge in [0.1, 0.15) is 23.1 Å². The van der Waals surface area contributed by atoms with Crippen LogP contribution < -0.4 is 26.7 Å². The molecule has 0 unspecified atom stereocenters. The van der Waals surface area contributed by atoms with Gasteiger partial charge in [-0.3, -0.25) is 14.6 Å². The van der Waals surface area contributed by atoms with Crippen molar-refractivity contribution in [2.75, 3.05) is 6.54 Å². The second kappa shape index (κ2) is 16.5. The highest BCUT2D eigenvalue weighted by atomic mass is 32.2. The zero-order chi connectivity index (χ0) is 41.3. The molecule has 2 amide bonds. The Balaban J connectivity index is 1.37. The molecule has 8 N–H and O–H groups in total. The Kier molecular flexibility index (Phi) is 12.4. The highest BCUT2D eigenvalue weighted by Gasteiger charge is 2.36. The maximum absolute atomic E-state index is 14.4. The Morgan fingerprint density at radius 1 is 0.964 bits per heavy atom. The molecule has 0 radical (unpaired) electrons. The van der Waals surface area contributed by atoms with Gasteiger partial charge in [0.15, 0.2) is 0 Å². The maximum Gasteiger partial charge on any atom is 0.264 e. The molecule has 1 heterocycles. The molecule has 13 heteroatoms. The van der Waals surface area contributed by atoms with Crippen LogP contribution in [0.15, 0.2) is 64.5 Å². The number of aliphatic imine (C=N–C) groups is 1. The maximum atomic E-state index is 14.4. The minimum atomic E-state index is -4.11. The number of rotatable bonds is 13. The number of nitrogens with one attached hydrogen (secondary N) is 1. The topological polar surface area (TPSA) is 203 Å². The predicted molar refractivity (Wildman–Crippen MR) is 221 cm³/mol. The average Bonchev–Trinajstić information content (AvgIpc) is 3.12. The number of fused-ring (bicyclic) bond motifs is 2. The zero-order valence-electron chi connectivity index (χ0n) is 33.7. The van der Waals surface area contributed by atoms with Gasteiger partial charge in [0.2, 0.25) is 17.8 Å². The molecule has 0 aliphatic carbocycles. The highest BCUT2D eigenvalue weighted by Crippen LogP contribution is 2.42. The third-order valence-corrected chi connectivity index (χ3v) is 12.6. The van der Waals surface area contributed by atoms with Gasteiger partial charge in [-0.25, -0.2) is 13.1 Å². The number of ether oxygens (including phenoxy) is 1. The van der Waals surface area contributed by atoms with E-state index in [9.17, 15) is 23.1 Å². The number of amides is 2. The highest BCUT2D eigenvalue weighted by molar-refractivity contribution is 7.90. The molecule has 0 bridgehead atoms. The Bertz CT molecular complexity index is 2280. The van der Waals surface area contributed by atoms with E-state index in [0.717, 1.165) is 45.2 Å². The summed E-state index contributed by atoms with van der Waals surface area (Å²) in [6.45, 7) is 14.9. The van der Waals surface area contributed by atoms with E-state index in [1.807, 2.05) is 70.2 Å². The summed E-state index contributed by atoms with van der Waals surface area (Å²) in [4.78, 5) is 33.5. The van der Waals surface area contributed by atoms with E-state index < -0.39 is 40.0 Å². The van der Waals surface area contributed by atoms with Crippen LogP contribution in [0.4, 0.5) is 0 Å². The average molecular weight is 785 g/mol. The lowest BCUT2D eigenvalue weighted by molar-refractivity contribution is -0.143.